The predicted octanol–water partition coefficient (Wildman–Crippen LogP) is 3.32. The van der Waals surface area contributed by atoms with Gasteiger partial charge in [0, 0.05) is 18.2 Å². The second-order valence-electron chi connectivity index (χ2n) is 6.24. The normalized spacial score (nSPS) is 18.5. The minimum Gasteiger partial charge on any atom is -0.507 e. The lowest BCUT2D eigenvalue weighted by Crippen LogP contribution is -2.43. The molecule has 0 radical (unpaired) electrons. The Morgan fingerprint density at radius 1 is 1.29 bits per heavy atom. The molecule has 1 heterocycles. The number of rotatable bonds is 6. The van der Waals surface area contributed by atoms with E-state index in [1.807, 2.05) is 11.8 Å². The van der Waals surface area contributed by atoms with Crippen LogP contribution in [0.3, 0.4) is 0 Å². The summed E-state index contributed by atoms with van der Waals surface area (Å²) in [7, 11) is 0. The number of hydrogen-bond acceptors (Lipinski definition) is 4. The van der Waals surface area contributed by atoms with Crippen molar-refractivity contribution < 1.29 is 28.1 Å². The van der Waals surface area contributed by atoms with Gasteiger partial charge in [0.25, 0.3) is 0 Å². The molecule has 0 saturated carbocycles. The maximum Gasteiger partial charge on any atom is 0.414 e. The van der Waals surface area contributed by atoms with Crippen LogP contribution < -0.4 is 4.74 Å². The number of benzene rings is 1. The van der Waals surface area contributed by atoms with Crippen LogP contribution in [0, 0.1) is 5.92 Å². The number of hydrogen-bond donors (Lipinski definition) is 2. The number of nitrogens with zero attached hydrogens (tertiary/aromatic N) is 1. The number of alkyl halides is 3. The quantitative estimate of drug-likeness (QED) is 0.829. The van der Waals surface area contributed by atoms with Crippen molar-refractivity contribution in [1.29, 1.82) is 0 Å². The van der Waals surface area contributed by atoms with Crippen LogP contribution in [0.4, 0.5) is 13.2 Å². The molecular weight excluding hydrogens is 323 g/mol. The number of aliphatic hydroxyl groups is 1. The third-order valence-electron chi connectivity index (χ3n) is 4.34. The third-order valence-corrected chi connectivity index (χ3v) is 4.34. The molecule has 1 aromatic rings. The van der Waals surface area contributed by atoms with Crippen LogP contribution in [0.5, 0.6) is 11.5 Å². The number of phenols is 1. The van der Waals surface area contributed by atoms with Gasteiger partial charge in [0.2, 0.25) is 0 Å². The van der Waals surface area contributed by atoms with Crippen molar-refractivity contribution in [3.63, 3.8) is 0 Å². The molecule has 1 aromatic carbocycles. The molecule has 7 heteroatoms. The molecule has 1 aliphatic heterocycles. The zero-order valence-electron chi connectivity index (χ0n) is 13.7. The van der Waals surface area contributed by atoms with E-state index in [-0.39, 0.29) is 5.75 Å². The summed E-state index contributed by atoms with van der Waals surface area (Å²) in [6.07, 6.45) is -5.35. The highest BCUT2D eigenvalue weighted by Gasteiger charge is 2.44. The number of ether oxygens (including phenoxy) is 1. The highest BCUT2D eigenvalue weighted by atomic mass is 19.4. The van der Waals surface area contributed by atoms with E-state index in [2.05, 4.69) is 0 Å². The first-order chi connectivity index (χ1) is 11.3. The SMILES string of the molecule is CCCOc1ccc(CN2CCC(C(O)C(F)(F)F)CC2)c(O)c1. The highest BCUT2D eigenvalue weighted by Crippen LogP contribution is 2.32. The average molecular weight is 347 g/mol. The largest absolute Gasteiger partial charge is 0.507 e. The fourth-order valence-corrected chi connectivity index (χ4v) is 2.92. The molecule has 1 fully saturated rings. The minimum absolute atomic E-state index is 0.126. The molecule has 0 spiro atoms. The van der Waals surface area contributed by atoms with Crippen molar-refractivity contribution in [2.45, 2.75) is 45.0 Å². The standard InChI is InChI=1S/C17H24F3NO3/c1-2-9-24-14-4-3-13(15(22)10-14)11-21-7-5-12(6-8-21)16(23)17(18,19)20/h3-4,10,12,16,22-23H,2,5-9,11H2,1H3. The summed E-state index contributed by atoms with van der Waals surface area (Å²) in [5.74, 6) is -0.0224. The Hall–Kier alpha value is -1.47. The Kier molecular flexibility index (Phi) is 6.34. The van der Waals surface area contributed by atoms with E-state index in [9.17, 15) is 23.4 Å². The molecule has 0 aromatic heterocycles. The number of phenolic OH excluding ortho intramolecular Hbond substituents is 1. The van der Waals surface area contributed by atoms with Crippen molar-refractivity contribution in [2.75, 3.05) is 19.7 Å². The van der Waals surface area contributed by atoms with Crippen molar-refractivity contribution in [1.82, 2.24) is 4.90 Å². The molecule has 136 valence electrons. The van der Waals surface area contributed by atoms with Gasteiger partial charge in [-0.2, -0.15) is 13.2 Å². The van der Waals surface area contributed by atoms with Gasteiger partial charge in [-0.15, -0.1) is 0 Å². The molecule has 1 unspecified atom stereocenters. The van der Waals surface area contributed by atoms with Gasteiger partial charge in [0.1, 0.15) is 11.5 Å². The topological polar surface area (TPSA) is 52.9 Å². The van der Waals surface area contributed by atoms with E-state index in [1.54, 1.807) is 18.2 Å². The minimum atomic E-state index is -4.56. The van der Waals surface area contributed by atoms with Gasteiger partial charge in [-0.3, -0.25) is 4.90 Å². The van der Waals surface area contributed by atoms with Gasteiger partial charge in [0.15, 0.2) is 6.10 Å². The zero-order chi connectivity index (χ0) is 17.7. The Labute approximate surface area is 139 Å². The van der Waals surface area contributed by atoms with E-state index in [0.717, 1.165) is 6.42 Å². The number of likely N-dealkylation sites (tertiary alicyclic amines) is 1. The summed E-state index contributed by atoms with van der Waals surface area (Å²) in [5.41, 5.74) is 0.716. The molecule has 1 atom stereocenters. The first-order valence-corrected chi connectivity index (χ1v) is 8.23. The Morgan fingerprint density at radius 2 is 1.96 bits per heavy atom. The molecule has 2 N–H and O–H groups in total. The molecule has 0 aliphatic carbocycles. The Balaban J connectivity index is 1.88. The van der Waals surface area contributed by atoms with E-state index < -0.39 is 18.2 Å². The summed E-state index contributed by atoms with van der Waals surface area (Å²) in [6, 6.07) is 5.12. The fraction of sp³-hybridized carbons (Fsp3) is 0.647. The van der Waals surface area contributed by atoms with Gasteiger partial charge in [-0.1, -0.05) is 13.0 Å². The van der Waals surface area contributed by atoms with E-state index in [1.165, 1.54) is 0 Å². The number of halogens is 3. The summed E-state index contributed by atoms with van der Waals surface area (Å²) >= 11 is 0. The molecule has 4 nitrogen and oxygen atoms in total. The first-order valence-electron chi connectivity index (χ1n) is 8.23. The van der Waals surface area contributed by atoms with Gasteiger partial charge in [-0.25, -0.2) is 0 Å². The lowest BCUT2D eigenvalue weighted by molar-refractivity contribution is -0.223. The van der Waals surface area contributed by atoms with Gasteiger partial charge < -0.3 is 14.9 Å². The van der Waals surface area contributed by atoms with Crippen LogP contribution in [0.2, 0.25) is 0 Å². The first kappa shape index (κ1) is 18.9. The fourth-order valence-electron chi connectivity index (χ4n) is 2.92. The lowest BCUT2D eigenvalue weighted by atomic mass is 9.90. The van der Waals surface area contributed by atoms with Gasteiger partial charge in [0.05, 0.1) is 6.61 Å². The summed E-state index contributed by atoms with van der Waals surface area (Å²) in [5, 5.41) is 19.4. The smallest absolute Gasteiger partial charge is 0.414 e. The highest BCUT2D eigenvalue weighted by molar-refractivity contribution is 5.39. The number of piperidine rings is 1. The van der Waals surface area contributed by atoms with Gasteiger partial charge >= 0.3 is 6.18 Å². The Morgan fingerprint density at radius 3 is 2.50 bits per heavy atom. The molecule has 1 saturated heterocycles. The van der Waals surface area contributed by atoms with Crippen molar-refractivity contribution in [2.24, 2.45) is 5.92 Å². The molecule has 1 aliphatic rings. The van der Waals surface area contributed by atoms with Crippen molar-refractivity contribution >= 4 is 0 Å². The molecule has 24 heavy (non-hydrogen) atoms. The summed E-state index contributed by atoms with van der Waals surface area (Å²) in [4.78, 5) is 1.99. The molecule has 0 bridgehead atoms. The van der Waals surface area contributed by atoms with E-state index in [0.29, 0.717) is 50.4 Å². The summed E-state index contributed by atoms with van der Waals surface area (Å²) in [6.45, 7) is 3.97. The third kappa shape index (κ3) is 5.01. The van der Waals surface area contributed by atoms with Crippen LogP contribution in [-0.4, -0.2) is 47.1 Å². The second-order valence-corrected chi connectivity index (χ2v) is 6.24. The predicted molar refractivity (Wildman–Crippen MR) is 84.0 cm³/mol. The zero-order valence-corrected chi connectivity index (χ0v) is 13.7. The maximum absolute atomic E-state index is 12.5. The number of aromatic hydroxyl groups is 1. The second kappa shape index (κ2) is 8.07. The van der Waals surface area contributed by atoms with Crippen molar-refractivity contribution in [3.8, 4) is 11.5 Å². The lowest BCUT2D eigenvalue weighted by Gasteiger charge is -2.34. The van der Waals surface area contributed by atoms with Crippen molar-refractivity contribution in [3.05, 3.63) is 23.8 Å². The van der Waals surface area contributed by atoms with Crippen LogP contribution in [0.25, 0.3) is 0 Å². The molecule has 2 rings (SSSR count). The van der Waals surface area contributed by atoms with Crippen LogP contribution in [-0.2, 0) is 6.54 Å². The Bertz CT molecular complexity index is 528. The van der Waals surface area contributed by atoms with Crippen LogP contribution >= 0.6 is 0 Å². The molecular formula is C17H24F3NO3. The van der Waals surface area contributed by atoms with E-state index in [4.69, 9.17) is 4.74 Å². The van der Waals surface area contributed by atoms with Crippen LogP contribution in [0.1, 0.15) is 31.7 Å². The van der Waals surface area contributed by atoms with E-state index >= 15 is 0 Å². The van der Waals surface area contributed by atoms with Crippen LogP contribution in [0.15, 0.2) is 18.2 Å². The van der Waals surface area contributed by atoms with Gasteiger partial charge in [-0.05, 0) is 44.3 Å². The maximum atomic E-state index is 12.5. The average Bonchev–Trinajstić information content (AvgIpc) is 2.54. The number of aliphatic hydroxyl groups excluding tert-OH is 1. The summed E-state index contributed by atoms with van der Waals surface area (Å²) < 4.78 is 43.1. The monoisotopic (exact) mass is 347 g/mol. The molecule has 0 amide bonds.